The van der Waals surface area contributed by atoms with E-state index >= 15 is 0 Å². The van der Waals surface area contributed by atoms with Crippen molar-refractivity contribution in [2.75, 3.05) is 0 Å². The number of hydrogen-bond acceptors (Lipinski definition) is 1. The van der Waals surface area contributed by atoms with Gasteiger partial charge < -0.3 is 5.11 Å². The third-order valence-electron chi connectivity index (χ3n) is 2.72. The van der Waals surface area contributed by atoms with Crippen LogP contribution in [0.4, 0.5) is 0 Å². The zero-order valence-corrected chi connectivity index (χ0v) is 9.19. The molecule has 0 aliphatic rings. The molecule has 15 heavy (non-hydrogen) atoms. The number of rotatable bonds is 5. The summed E-state index contributed by atoms with van der Waals surface area (Å²) in [6.45, 7) is 2.09. The van der Waals surface area contributed by atoms with Crippen LogP contribution >= 0.6 is 0 Å². The van der Waals surface area contributed by atoms with Gasteiger partial charge in [-0.3, -0.25) is 0 Å². The first-order valence-corrected chi connectivity index (χ1v) is 5.46. The molecule has 1 N–H and O–H groups in total. The van der Waals surface area contributed by atoms with Gasteiger partial charge in [-0.25, -0.2) is 0 Å². The first-order chi connectivity index (χ1) is 7.29. The van der Waals surface area contributed by atoms with Crippen molar-refractivity contribution in [2.45, 2.75) is 38.2 Å². The van der Waals surface area contributed by atoms with Gasteiger partial charge in [-0.05, 0) is 18.4 Å². The highest BCUT2D eigenvalue weighted by Gasteiger charge is 2.18. The molecule has 0 amide bonds. The lowest BCUT2D eigenvalue weighted by molar-refractivity contribution is 0.133. The summed E-state index contributed by atoms with van der Waals surface area (Å²) in [5.41, 5.74) is 1.20. The molecule has 2 unspecified atom stereocenters. The van der Waals surface area contributed by atoms with Crippen molar-refractivity contribution in [1.82, 2.24) is 0 Å². The standard InChI is InChI=1S/C14H18O/c1-3-5-11-14(15)13(4-2)12-9-7-6-8-10-12/h1,6-10,13-15H,4-5,11H2,2H3. The van der Waals surface area contributed by atoms with Gasteiger partial charge in [-0.2, -0.15) is 0 Å². The Morgan fingerprint density at radius 1 is 1.33 bits per heavy atom. The number of aliphatic hydroxyl groups is 1. The van der Waals surface area contributed by atoms with Crippen LogP contribution in [0.15, 0.2) is 30.3 Å². The minimum atomic E-state index is -0.326. The van der Waals surface area contributed by atoms with Crippen molar-refractivity contribution >= 4 is 0 Å². The summed E-state index contributed by atoms with van der Waals surface area (Å²) in [4.78, 5) is 0. The van der Waals surface area contributed by atoms with Crippen molar-refractivity contribution in [3.05, 3.63) is 35.9 Å². The summed E-state index contributed by atoms with van der Waals surface area (Å²) >= 11 is 0. The monoisotopic (exact) mass is 202 g/mol. The Bertz CT molecular complexity index is 310. The topological polar surface area (TPSA) is 20.2 Å². The second-order valence-electron chi connectivity index (χ2n) is 3.74. The maximum Gasteiger partial charge on any atom is 0.0617 e. The summed E-state index contributed by atoms with van der Waals surface area (Å²) in [6.07, 6.45) is 7.14. The van der Waals surface area contributed by atoms with E-state index in [2.05, 4.69) is 25.0 Å². The summed E-state index contributed by atoms with van der Waals surface area (Å²) in [5.74, 6) is 2.78. The van der Waals surface area contributed by atoms with Gasteiger partial charge in [-0.15, -0.1) is 12.3 Å². The maximum absolute atomic E-state index is 10.00. The highest BCUT2D eigenvalue weighted by molar-refractivity contribution is 5.20. The van der Waals surface area contributed by atoms with Gasteiger partial charge in [0, 0.05) is 12.3 Å². The van der Waals surface area contributed by atoms with E-state index in [0.29, 0.717) is 12.8 Å². The van der Waals surface area contributed by atoms with Crippen molar-refractivity contribution < 1.29 is 5.11 Å². The molecule has 1 aromatic carbocycles. The molecule has 0 radical (unpaired) electrons. The van der Waals surface area contributed by atoms with Crippen LogP contribution in [0.3, 0.4) is 0 Å². The molecule has 0 aliphatic carbocycles. The third kappa shape index (κ3) is 3.42. The molecule has 0 saturated carbocycles. The summed E-state index contributed by atoms with van der Waals surface area (Å²) in [5, 5.41) is 10.00. The smallest absolute Gasteiger partial charge is 0.0617 e. The van der Waals surface area contributed by atoms with Crippen LogP contribution in [-0.2, 0) is 0 Å². The SMILES string of the molecule is C#CCCC(O)C(CC)c1ccccc1. The van der Waals surface area contributed by atoms with Gasteiger partial charge in [0.05, 0.1) is 6.10 Å². The van der Waals surface area contributed by atoms with E-state index in [-0.39, 0.29) is 12.0 Å². The van der Waals surface area contributed by atoms with Crippen molar-refractivity contribution in [1.29, 1.82) is 0 Å². The lowest BCUT2D eigenvalue weighted by Gasteiger charge is -2.21. The zero-order valence-electron chi connectivity index (χ0n) is 9.19. The number of benzene rings is 1. The molecule has 1 aromatic rings. The van der Waals surface area contributed by atoms with Crippen LogP contribution in [0, 0.1) is 12.3 Å². The second-order valence-corrected chi connectivity index (χ2v) is 3.74. The van der Waals surface area contributed by atoms with Gasteiger partial charge in [0.1, 0.15) is 0 Å². The maximum atomic E-state index is 10.00. The Morgan fingerprint density at radius 2 is 2.00 bits per heavy atom. The second kappa shape index (κ2) is 6.27. The van der Waals surface area contributed by atoms with Crippen molar-refractivity contribution in [3.8, 4) is 12.3 Å². The summed E-state index contributed by atoms with van der Waals surface area (Å²) in [7, 11) is 0. The molecular formula is C14H18O. The van der Waals surface area contributed by atoms with Gasteiger partial charge in [0.2, 0.25) is 0 Å². The van der Waals surface area contributed by atoms with Gasteiger partial charge in [0.25, 0.3) is 0 Å². The fourth-order valence-corrected chi connectivity index (χ4v) is 1.86. The Labute approximate surface area is 92.1 Å². The van der Waals surface area contributed by atoms with Gasteiger partial charge in [0.15, 0.2) is 0 Å². The van der Waals surface area contributed by atoms with E-state index < -0.39 is 0 Å². The Balaban J connectivity index is 2.68. The lowest BCUT2D eigenvalue weighted by atomic mass is 9.89. The van der Waals surface area contributed by atoms with E-state index in [0.717, 1.165) is 6.42 Å². The van der Waals surface area contributed by atoms with Gasteiger partial charge >= 0.3 is 0 Å². The lowest BCUT2D eigenvalue weighted by Crippen LogP contribution is -2.17. The van der Waals surface area contributed by atoms with E-state index in [4.69, 9.17) is 6.42 Å². The van der Waals surface area contributed by atoms with E-state index in [9.17, 15) is 5.11 Å². The normalized spacial score (nSPS) is 14.2. The average Bonchev–Trinajstić information content (AvgIpc) is 2.29. The fraction of sp³-hybridized carbons (Fsp3) is 0.429. The average molecular weight is 202 g/mol. The van der Waals surface area contributed by atoms with Crippen LogP contribution in [0.5, 0.6) is 0 Å². The zero-order chi connectivity index (χ0) is 11.1. The molecule has 2 atom stereocenters. The number of hydrogen-bond donors (Lipinski definition) is 1. The van der Waals surface area contributed by atoms with Crippen molar-refractivity contribution in [2.24, 2.45) is 0 Å². The molecule has 0 bridgehead atoms. The minimum Gasteiger partial charge on any atom is -0.392 e. The first-order valence-electron chi connectivity index (χ1n) is 5.46. The highest BCUT2D eigenvalue weighted by Crippen LogP contribution is 2.25. The fourth-order valence-electron chi connectivity index (χ4n) is 1.86. The van der Waals surface area contributed by atoms with E-state index in [1.807, 2.05) is 18.2 Å². The number of aliphatic hydroxyl groups excluding tert-OH is 1. The predicted molar refractivity (Wildman–Crippen MR) is 63.5 cm³/mol. The van der Waals surface area contributed by atoms with E-state index in [1.54, 1.807) is 0 Å². The van der Waals surface area contributed by atoms with Crippen LogP contribution in [0.2, 0.25) is 0 Å². The molecule has 1 nitrogen and oxygen atoms in total. The van der Waals surface area contributed by atoms with Crippen LogP contribution in [0.25, 0.3) is 0 Å². The molecule has 80 valence electrons. The Morgan fingerprint density at radius 3 is 2.53 bits per heavy atom. The summed E-state index contributed by atoms with van der Waals surface area (Å²) in [6, 6.07) is 10.1. The third-order valence-corrected chi connectivity index (χ3v) is 2.72. The number of terminal acetylenes is 1. The summed E-state index contributed by atoms with van der Waals surface area (Å²) < 4.78 is 0. The molecule has 0 spiro atoms. The first kappa shape index (κ1) is 11.8. The van der Waals surface area contributed by atoms with Crippen LogP contribution in [-0.4, -0.2) is 11.2 Å². The highest BCUT2D eigenvalue weighted by atomic mass is 16.3. The molecule has 1 rings (SSSR count). The van der Waals surface area contributed by atoms with Gasteiger partial charge in [-0.1, -0.05) is 37.3 Å². The molecule has 0 aliphatic heterocycles. The van der Waals surface area contributed by atoms with Crippen molar-refractivity contribution in [3.63, 3.8) is 0 Å². The van der Waals surface area contributed by atoms with Crippen LogP contribution < -0.4 is 0 Å². The predicted octanol–water partition coefficient (Wildman–Crippen LogP) is 2.95. The molecule has 0 heterocycles. The Kier molecular flexibility index (Phi) is 4.93. The molecule has 0 aromatic heterocycles. The molecule has 0 fully saturated rings. The molecule has 1 heteroatoms. The van der Waals surface area contributed by atoms with E-state index in [1.165, 1.54) is 5.56 Å². The molecular weight excluding hydrogens is 184 g/mol. The largest absolute Gasteiger partial charge is 0.392 e. The molecule has 0 saturated heterocycles. The quantitative estimate of drug-likeness (QED) is 0.728. The minimum absolute atomic E-state index is 0.208. The Hall–Kier alpha value is -1.26. The van der Waals surface area contributed by atoms with Crippen LogP contribution in [0.1, 0.15) is 37.7 Å².